The van der Waals surface area contributed by atoms with Gasteiger partial charge in [-0.3, -0.25) is 9.59 Å². The van der Waals surface area contributed by atoms with Gasteiger partial charge in [0.25, 0.3) is 0 Å². The number of piperidine rings is 1. The second-order valence-electron chi connectivity index (χ2n) is 4.27. The average Bonchev–Trinajstić information content (AvgIpc) is 2.36. The molecule has 3 N–H and O–H groups in total. The summed E-state index contributed by atoms with van der Waals surface area (Å²) in [4.78, 5) is 23.1. The fourth-order valence-electron chi connectivity index (χ4n) is 2.06. The van der Waals surface area contributed by atoms with Crippen LogP contribution in [0.4, 0.5) is 0 Å². The molecule has 0 aromatic rings. The predicted molar refractivity (Wildman–Crippen MR) is 61.9 cm³/mol. The molecule has 5 heteroatoms. The summed E-state index contributed by atoms with van der Waals surface area (Å²) in [6.45, 7) is 3.77. The Morgan fingerprint density at radius 3 is 2.69 bits per heavy atom. The maximum Gasteiger partial charge on any atom is 0.239 e. The standard InChI is InChI=1S/C11H21N3O2/c1-3-11(5-4-6-13-8-11)10(16)14-7-9(15)12-2/h13H,3-8H2,1-2H3,(H,12,15)(H,14,16). The van der Waals surface area contributed by atoms with E-state index in [0.717, 1.165) is 25.8 Å². The molecule has 1 unspecified atom stereocenters. The fraction of sp³-hybridized carbons (Fsp3) is 0.818. The zero-order valence-electron chi connectivity index (χ0n) is 10.1. The van der Waals surface area contributed by atoms with Crippen molar-refractivity contribution >= 4 is 11.8 Å². The van der Waals surface area contributed by atoms with Gasteiger partial charge in [-0.2, -0.15) is 0 Å². The first-order valence-electron chi connectivity index (χ1n) is 5.84. The van der Waals surface area contributed by atoms with Gasteiger partial charge in [-0.15, -0.1) is 0 Å². The first kappa shape index (κ1) is 13.0. The van der Waals surface area contributed by atoms with Crippen molar-refractivity contribution in [3.8, 4) is 0 Å². The summed E-state index contributed by atoms with van der Waals surface area (Å²) in [6.07, 6.45) is 2.72. The number of amides is 2. The van der Waals surface area contributed by atoms with Gasteiger partial charge < -0.3 is 16.0 Å². The number of hydrogen-bond donors (Lipinski definition) is 3. The van der Waals surface area contributed by atoms with E-state index in [4.69, 9.17) is 0 Å². The van der Waals surface area contributed by atoms with E-state index >= 15 is 0 Å². The molecule has 1 fully saturated rings. The highest BCUT2D eigenvalue weighted by Gasteiger charge is 2.37. The minimum Gasteiger partial charge on any atom is -0.358 e. The molecule has 16 heavy (non-hydrogen) atoms. The van der Waals surface area contributed by atoms with Crippen molar-refractivity contribution in [1.82, 2.24) is 16.0 Å². The summed E-state index contributed by atoms with van der Waals surface area (Å²) < 4.78 is 0. The zero-order chi connectivity index (χ0) is 12.0. The van der Waals surface area contributed by atoms with Crippen molar-refractivity contribution in [3.63, 3.8) is 0 Å². The molecule has 0 aromatic carbocycles. The molecule has 1 atom stereocenters. The van der Waals surface area contributed by atoms with Crippen molar-refractivity contribution in [3.05, 3.63) is 0 Å². The van der Waals surface area contributed by atoms with E-state index in [1.54, 1.807) is 7.05 Å². The van der Waals surface area contributed by atoms with E-state index in [2.05, 4.69) is 16.0 Å². The summed E-state index contributed by atoms with van der Waals surface area (Å²) >= 11 is 0. The lowest BCUT2D eigenvalue weighted by Gasteiger charge is -2.35. The number of rotatable bonds is 4. The van der Waals surface area contributed by atoms with Gasteiger partial charge in [-0.25, -0.2) is 0 Å². The normalized spacial score (nSPS) is 24.9. The topological polar surface area (TPSA) is 70.2 Å². The van der Waals surface area contributed by atoms with Crippen molar-refractivity contribution in [1.29, 1.82) is 0 Å². The quantitative estimate of drug-likeness (QED) is 0.613. The molecule has 2 amide bonds. The van der Waals surface area contributed by atoms with Gasteiger partial charge in [0, 0.05) is 13.6 Å². The SMILES string of the molecule is CCC1(C(=O)NCC(=O)NC)CCCNC1. The van der Waals surface area contributed by atoms with E-state index in [-0.39, 0.29) is 23.8 Å². The van der Waals surface area contributed by atoms with Crippen LogP contribution in [0.25, 0.3) is 0 Å². The third-order valence-corrected chi connectivity index (χ3v) is 3.32. The summed E-state index contributed by atoms with van der Waals surface area (Å²) in [6, 6.07) is 0. The molecule has 0 aliphatic carbocycles. The lowest BCUT2D eigenvalue weighted by molar-refractivity contribution is -0.134. The van der Waals surface area contributed by atoms with Crippen LogP contribution in [0.3, 0.4) is 0 Å². The van der Waals surface area contributed by atoms with Crippen molar-refractivity contribution in [2.45, 2.75) is 26.2 Å². The Balaban J connectivity index is 2.51. The molecular weight excluding hydrogens is 206 g/mol. The van der Waals surface area contributed by atoms with Crippen LogP contribution in [0.1, 0.15) is 26.2 Å². The summed E-state index contributed by atoms with van der Waals surface area (Å²) in [7, 11) is 1.56. The third-order valence-electron chi connectivity index (χ3n) is 3.32. The van der Waals surface area contributed by atoms with Gasteiger partial charge in [0.2, 0.25) is 11.8 Å². The summed E-state index contributed by atoms with van der Waals surface area (Å²) in [5.74, 6) is -0.172. The van der Waals surface area contributed by atoms with Crippen LogP contribution < -0.4 is 16.0 Å². The van der Waals surface area contributed by atoms with Crippen molar-refractivity contribution < 1.29 is 9.59 Å². The van der Waals surface area contributed by atoms with E-state index < -0.39 is 0 Å². The van der Waals surface area contributed by atoms with Crippen LogP contribution >= 0.6 is 0 Å². The molecule has 1 rings (SSSR count). The first-order chi connectivity index (χ1) is 7.64. The highest BCUT2D eigenvalue weighted by Crippen LogP contribution is 2.29. The van der Waals surface area contributed by atoms with Crippen LogP contribution in [0.5, 0.6) is 0 Å². The Kier molecular flexibility index (Phi) is 4.73. The Hall–Kier alpha value is -1.10. The maximum atomic E-state index is 12.0. The van der Waals surface area contributed by atoms with Crippen molar-refractivity contribution in [2.75, 3.05) is 26.7 Å². The molecule has 1 aliphatic rings. The highest BCUT2D eigenvalue weighted by molar-refractivity contribution is 5.88. The van der Waals surface area contributed by atoms with Gasteiger partial charge in [-0.1, -0.05) is 6.92 Å². The average molecular weight is 227 g/mol. The lowest BCUT2D eigenvalue weighted by Crippen LogP contribution is -2.51. The molecule has 0 spiro atoms. The van der Waals surface area contributed by atoms with Crippen molar-refractivity contribution in [2.24, 2.45) is 5.41 Å². The smallest absolute Gasteiger partial charge is 0.239 e. The van der Waals surface area contributed by atoms with Gasteiger partial charge in [0.1, 0.15) is 0 Å². The summed E-state index contributed by atoms with van der Waals surface area (Å²) in [5, 5.41) is 8.44. The zero-order valence-corrected chi connectivity index (χ0v) is 10.1. The predicted octanol–water partition coefficient (Wildman–Crippen LogP) is -0.372. The second kappa shape index (κ2) is 5.84. The first-order valence-corrected chi connectivity index (χ1v) is 5.84. The highest BCUT2D eigenvalue weighted by atomic mass is 16.2. The molecule has 1 saturated heterocycles. The Bertz CT molecular complexity index is 260. The molecule has 5 nitrogen and oxygen atoms in total. The van der Waals surface area contributed by atoms with E-state index in [9.17, 15) is 9.59 Å². The number of likely N-dealkylation sites (N-methyl/N-ethyl adjacent to an activating group) is 1. The number of nitrogens with one attached hydrogen (secondary N) is 3. The summed E-state index contributed by atoms with van der Waals surface area (Å²) in [5.41, 5.74) is -0.327. The van der Waals surface area contributed by atoms with Crippen LogP contribution in [0.15, 0.2) is 0 Å². The Labute approximate surface area is 96.4 Å². The van der Waals surface area contributed by atoms with Crippen LogP contribution in [-0.2, 0) is 9.59 Å². The number of hydrogen-bond acceptors (Lipinski definition) is 3. The molecular formula is C11H21N3O2. The largest absolute Gasteiger partial charge is 0.358 e. The minimum atomic E-state index is -0.327. The third kappa shape index (κ3) is 2.95. The Morgan fingerprint density at radius 1 is 1.44 bits per heavy atom. The van der Waals surface area contributed by atoms with Gasteiger partial charge >= 0.3 is 0 Å². The van der Waals surface area contributed by atoms with E-state index in [1.165, 1.54) is 0 Å². The fourth-order valence-corrected chi connectivity index (χ4v) is 2.06. The maximum absolute atomic E-state index is 12.0. The number of carbonyl (C=O) groups excluding carboxylic acids is 2. The lowest BCUT2D eigenvalue weighted by atomic mass is 9.77. The molecule has 1 aliphatic heterocycles. The second-order valence-corrected chi connectivity index (χ2v) is 4.27. The molecule has 92 valence electrons. The monoisotopic (exact) mass is 227 g/mol. The number of carbonyl (C=O) groups is 2. The van der Waals surface area contributed by atoms with Gasteiger partial charge in [0.15, 0.2) is 0 Å². The molecule has 1 heterocycles. The Morgan fingerprint density at radius 2 is 2.19 bits per heavy atom. The van der Waals surface area contributed by atoms with Crippen LogP contribution in [0.2, 0.25) is 0 Å². The molecule has 0 saturated carbocycles. The van der Waals surface area contributed by atoms with Gasteiger partial charge in [0.05, 0.1) is 12.0 Å². The molecule has 0 bridgehead atoms. The molecule has 0 aromatic heterocycles. The molecule has 0 radical (unpaired) electrons. The minimum absolute atomic E-state index is 0.00852. The van der Waals surface area contributed by atoms with Gasteiger partial charge in [-0.05, 0) is 25.8 Å². The van der Waals surface area contributed by atoms with E-state index in [0.29, 0.717) is 6.54 Å². The van der Waals surface area contributed by atoms with E-state index in [1.807, 2.05) is 6.92 Å². The van der Waals surface area contributed by atoms with Crippen LogP contribution in [-0.4, -0.2) is 38.5 Å². The van der Waals surface area contributed by atoms with Crippen LogP contribution in [0, 0.1) is 5.41 Å².